The number of carbonyl (C=O) groups is 1. The Morgan fingerprint density at radius 2 is 2.17 bits per heavy atom. The maximum atomic E-state index is 10.4. The van der Waals surface area contributed by atoms with Crippen LogP contribution in [0.2, 0.25) is 19.1 Å². The minimum atomic E-state index is -1.37. The summed E-state index contributed by atoms with van der Waals surface area (Å²) in [4.78, 5) is 10.4. The lowest BCUT2D eigenvalue weighted by Gasteiger charge is -2.15. The summed E-state index contributed by atoms with van der Waals surface area (Å²) in [6, 6.07) is 4.81. The molecule has 1 rings (SSSR count). The van der Waals surface area contributed by atoms with E-state index in [1.54, 1.807) is 6.07 Å². The molecule has 0 saturated carbocycles. The van der Waals surface area contributed by atoms with E-state index in [1.807, 2.05) is 6.07 Å². The van der Waals surface area contributed by atoms with Gasteiger partial charge in [0.05, 0.1) is 5.38 Å². The molecular formula is C9H14O2Si. The van der Waals surface area contributed by atoms with Crippen molar-refractivity contribution in [2.45, 2.75) is 26.1 Å². The summed E-state index contributed by atoms with van der Waals surface area (Å²) in [5, 5.41) is 1.02. The topological polar surface area (TPSA) is 30.2 Å². The molecule has 0 saturated heterocycles. The summed E-state index contributed by atoms with van der Waals surface area (Å²) in [6.07, 6.45) is 0.754. The van der Waals surface area contributed by atoms with Crippen LogP contribution in [0.3, 0.4) is 0 Å². The van der Waals surface area contributed by atoms with Gasteiger partial charge in [-0.1, -0.05) is 26.1 Å². The van der Waals surface area contributed by atoms with Gasteiger partial charge in [-0.05, 0) is 12.1 Å². The second-order valence-electron chi connectivity index (χ2n) is 3.56. The predicted octanol–water partition coefficient (Wildman–Crippen LogP) is 2.03. The molecule has 0 aliphatic carbocycles. The second-order valence-corrected chi connectivity index (χ2v) is 8.52. The molecule has 0 amide bonds. The van der Waals surface area contributed by atoms with Gasteiger partial charge in [-0.2, -0.15) is 0 Å². The smallest absolute Gasteiger partial charge is 0.185 e. The monoisotopic (exact) mass is 182 g/mol. The lowest BCUT2D eigenvalue weighted by molar-refractivity contribution is 0.110. The van der Waals surface area contributed by atoms with E-state index in [0.29, 0.717) is 5.76 Å². The molecule has 0 N–H and O–H groups in total. The first-order valence-electron chi connectivity index (χ1n) is 4.15. The zero-order chi connectivity index (χ0) is 9.19. The van der Waals surface area contributed by atoms with Crippen molar-refractivity contribution in [3.63, 3.8) is 0 Å². The molecule has 0 radical (unpaired) electrons. The fourth-order valence-electron chi connectivity index (χ4n) is 0.954. The van der Waals surface area contributed by atoms with E-state index >= 15 is 0 Å². The van der Waals surface area contributed by atoms with Gasteiger partial charge >= 0.3 is 0 Å². The Morgan fingerprint density at radius 1 is 1.50 bits per heavy atom. The van der Waals surface area contributed by atoms with Gasteiger partial charge in [-0.25, -0.2) is 0 Å². The van der Waals surface area contributed by atoms with Crippen LogP contribution >= 0.6 is 0 Å². The largest absolute Gasteiger partial charge is 0.463 e. The minimum Gasteiger partial charge on any atom is -0.463 e. The molecule has 1 aromatic heterocycles. The van der Waals surface area contributed by atoms with E-state index in [2.05, 4.69) is 20.0 Å². The summed E-state index contributed by atoms with van der Waals surface area (Å²) in [6.45, 7) is 6.64. The number of aldehydes is 1. The van der Waals surface area contributed by atoms with Crippen LogP contribution in [0.15, 0.2) is 16.5 Å². The first kappa shape index (κ1) is 9.26. The van der Waals surface area contributed by atoms with Gasteiger partial charge in [0.25, 0.3) is 0 Å². The van der Waals surface area contributed by atoms with Gasteiger partial charge in [-0.3, -0.25) is 4.79 Å². The lowest BCUT2D eigenvalue weighted by Crippen LogP contribution is -2.39. The maximum Gasteiger partial charge on any atom is 0.185 e. The van der Waals surface area contributed by atoms with Crippen LogP contribution in [0, 0.1) is 0 Å². The van der Waals surface area contributed by atoms with Crippen LogP contribution in [0.25, 0.3) is 0 Å². The number of furan rings is 1. The highest BCUT2D eigenvalue weighted by Gasteiger charge is 2.24. The minimum absolute atomic E-state index is 0.444. The van der Waals surface area contributed by atoms with Crippen LogP contribution in [-0.4, -0.2) is 14.4 Å². The third kappa shape index (κ3) is 1.66. The molecule has 0 unspecified atom stereocenters. The van der Waals surface area contributed by atoms with Gasteiger partial charge in [0.1, 0.15) is 8.07 Å². The summed E-state index contributed by atoms with van der Waals surface area (Å²) < 4.78 is 5.38. The van der Waals surface area contributed by atoms with Gasteiger partial charge in [-0.15, -0.1) is 0 Å². The summed E-state index contributed by atoms with van der Waals surface area (Å²) in [7, 11) is -1.37. The number of carbonyl (C=O) groups excluding carboxylic acids is 1. The fraction of sp³-hybridized carbons (Fsp3) is 0.444. The van der Waals surface area contributed by atoms with E-state index in [9.17, 15) is 4.79 Å². The fourth-order valence-corrected chi connectivity index (χ4v) is 2.23. The first-order chi connectivity index (χ1) is 5.60. The average Bonchev–Trinajstić information content (AvgIpc) is 2.52. The molecule has 0 aromatic carbocycles. The third-order valence-corrected chi connectivity index (χ3v) is 5.66. The first-order valence-corrected chi connectivity index (χ1v) is 7.36. The Balaban J connectivity index is 2.95. The van der Waals surface area contributed by atoms with E-state index in [-0.39, 0.29) is 0 Å². The van der Waals surface area contributed by atoms with Crippen molar-refractivity contribution in [3.05, 3.63) is 17.9 Å². The Morgan fingerprint density at radius 3 is 2.58 bits per heavy atom. The highest BCUT2D eigenvalue weighted by molar-refractivity contribution is 6.88. The molecule has 2 nitrogen and oxygen atoms in total. The molecule has 0 aliphatic heterocycles. The van der Waals surface area contributed by atoms with Crippen molar-refractivity contribution < 1.29 is 9.21 Å². The van der Waals surface area contributed by atoms with Crippen molar-refractivity contribution >= 4 is 19.7 Å². The van der Waals surface area contributed by atoms with Crippen LogP contribution in [0.5, 0.6) is 0 Å². The van der Waals surface area contributed by atoms with E-state index in [1.165, 1.54) is 0 Å². The van der Waals surface area contributed by atoms with E-state index in [0.717, 1.165) is 17.7 Å². The standard InChI is InChI=1S/C9H14O2Si/c1-4-12(2,3)9-6-5-8(7-10)11-9/h5-7H,4H2,1-3H3. The van der Waals surface area contributed by atoms with Crippen LogP contribution < -0.4 is 5.38 Å². The van der Waals surface area contributed by atoms with E-state index < -0.39 is 8.07 Å². The predicted molar refractivity (Wildman–Crippen MR) is 51.7 cm³/mol. The number of hydrogen-bond donors (Lipinski definition) is 0. The van der Waals surface area contributed by atoms with Crippen molar-refractivity contribution in [2.75, 3.05) is 0 Å². The van der Waals surface area contributed by atoms with Crippen LogP contribution in [0.1, 0.15) is 17.5 Å². The molecular weight excluding hydrogens is 168 g/mol. The Hall–Kier alpha value is -0.833. The summed E-state index contributed by atoms with van der Waals surface area (Å²) in [5.41, 5.74) is 0. The molecule has 0 aliphatic rings. The van der Waals surface area contributed by atoms with Gasteiger partial charge in [0.2, 0.25) is 0 Å². The highest BCUT2D eigenvalue weighted by atomic mass is 28.3. The van der Waals surface area contributed by atoms with Crippen molar-refractivity contribution in [1.29, 1.82) is 0 Å². The normalized spacial score (nSPS) is 11.6. The molecule has 12 heavy (non-hydrogen) atoms. The van der Waals surface area contributed by atoms with Crippen LogP contribution in [0.4, 0.5) is 0 Å². The zero-order valence-corrected chi connectivity index (χ0v) is 8.76. The van der Waals surface area contributed by atoms with Crippen molar-refractivity contribution in [1.82, 2.24) is 0 Å². The van der Waals surface area contributed by atoms with Crippen LogP contribution in [-0.2, 0) is 0 Å². The SMILES string of the molecule is CC[Si](C)(C)c1ccc(C=O)o1. The molecule has 66 valence electrons. The number of hydrogen-bond acceptors (Lipinski definition) is 2. The molecule has 1 aromatic rings. The molecule has 3 heteroatoms. The molecule has 1 heterocycles. The van der Waals surface area contributed by atoms with E-state index in [4.69, 9.17) is 4.42 Å². The second kappa shape index (κ2) is 3.27. The Bertz CT molecular complexity index is 276. The molecule has 0 atom stereocenters. The van der Waals surface area contributed by atoms with Gasteiger partial charge < -0.3 is 4.42 Å². The lowest BCUT2D eigenvalue weighted by atomic mass is 10.5. The summed E-state index contributed by atoms with van der Waals surface area (Å²) in [5.74, 6) is 0.444. The van der Waals surface area contributed by atoms with Gasteiger partial charge in [0.15, 0.2) is 12.0 Å². The summed E-state index contributed by atoms with van der Waals surface area (Å²) >= 11 is 0. The van der Waals surface area contributed by atoms with Crippen molar-refractivity contribution in [2.24, 2.45) is 0 Å². The molecule has 0 fully saturated rings. The number of rotatable bonds is 3. The maximum absolute atomic E-state index is 10.4. The molecule has 0 bridgehead atoms. The average molecular weight is 182 g/mol. The van der Waals surface area contributed by atoms with Crippen molar-refractivity contribution in [3.8, 4) is 0 Å². The Kier molecular flexibility index (Phi) is 2.52. The van der Waals surface area contributed by atoms with Gasteiger partial charge in [0, 0.05) is 0 Å². The third-order valence-electron chi connectivity index (χ3n) is 2.29. The zero-order valence-electron chi connectivity index (χ0n) is 7.76. The highest BCUT2D eigenvalue weighted by Crippen LogP contribution is 2.10. The molecule has 0 spiro atoms. The quantitative estimate of drug-likeness (QED) is 0.529. The Labute approximate surface area is 73.6 Å².